The third-order valence-corrected chi connectivity index (χ3v) is 10.1. The van der Waals surface area contributed by atoms with E-state index in [4.69, 9.17) is 4.74 Å². The van der Waals surface area contributed by atoms with Crippen LogP contribution in [0.1, 0.15) is 83.1 Å². The molecule has 2 saturated heterocycles. The molecule has 3 amide bonds. The second kappa shape index (κ2) is 10.7. The van der Waals surface area contributed by atoms with Crippen LogP contribution in [0, 0.1) is 24.7 Å². The number of ether oxygens (including phenoxy) is 1. The summed E-state index contributed by atoms with van der Waals surface area (Å²) in [4.78, 5) is 44.2. The first kappa shape index (κ1) is 26.5. The van der Waals surface area contributed by atoms with E-state index in [1.165, 1.54) is 12.8 Å². The zero-order chi connectivity index (χ0) is 27.1. The smallest absolute Gasteiger partial charge is 0.246 e. The maximum Gasteiger partial charge on any atom is 0.246 e. The monoisotopic (exact) mass is 533 g/mol. The summed E-state index contributed by atoms with van der Waals surface area (Å²) in [6.45, 7) is 4.19. The molecular weight excluding hydrogens is 490 g/mol. The number of fused-ring (bicyclic) bond motifs is 1. The molecule has 0 aromatic heterocycles. The van der Waals surface area contributed by atoms with Crippen molar-refractivity contribution in [3.63, 3.8) is 0 Å². The number of likely N-dealkylation sites (tertiary alicyclic amines) is 1. The first-order valence-electron chi connectivity index (χ1n) is 15.3. The molecule has 2 saturated carbocycles. The van der Waals surface area contributed by atoms with Gasteiger partial charge in [-0.1, -0.05) is 76.2 Å². The zero-order valence-electron chi connectivity index (χ0n) is 23.4. The van der Waals surface area contributed by atoms with Crippen LogP contribution in [0.2, 0.25) is 0 Å². The highest BCUT2D eigenvalue weighted by Gasteiger charge is 2.73. The molecule has 7 atom stereocenters. The number of amides is 3. The molecule has 1 spiro atoms. The molecule has 4 fully saturated rings. The first-order valence-corrected chi connectivity index (χ1v) is 15.3. The summed E-state index contributed by atoms with van der Waals surface area (Å²) >= 11 is 0. The van der Waals surface area contributed by atoms with Gasteiger partial charge in [-0.25, -0.2) is 0 Å². The van der Waals surface area contributed by atoms with E-state index >= 15 is 0 Å². The van der Waals surface area contributed by atoms with Gasteiger partial charge in [-0.05, 0) is 56.2 Å². The van der Waals surface area contributed by atoms with Crippen molar-refractivity contribution in [2.24, 2.45) is 17.8 Å². The molecule has 2 N–H and O–H groups in total. The van der Waals surface area contributed by atoms with E-state index in [2.05, 4.69) is 17.6 Å². The topological polar surface area (TPSA) is 87.7 Å². The van der Waals surface area contributed by atoms with E-state index < -0.39 is 29.6 Å². The lowest BCUT2D eigenvalue weighted by molar-refractivity contribution is -0.144. The summed E-state index contributed by atoms with van der Waals surface area (Å²) in [6, 6.07) is 7.05. The highest BCUT2D eigenvalue weighted by atomic mass is 16.5. The van der Waals surface area contributed by atoms with Gasteiger partial charge < -0.3 is 20.3 Å². The highest BCUT2D eigenvalue weighted by molar-refractivity contribution is 6.03. The second-order valence-electron chi connectivity index (χ2n) is 12.7. The quantitative estimate of drug-likeness (QED) is 0.528. The van der Waals surface area contributed by atoms with Gasteiger partial charge >= 0.3 is 0 Å². The van der Waals surface area contributed by atoms with Crippen LogP contribution in [0.25, 0.3) is 0 Å². The van der Waals surface area contributed by atoms with Gasteiger partial charge in [-0.2, -0.15) is 0 Å². The Bertz CT molecular complexity index is 1140. The number of hydrogen-bond acceptors (Lipinski definition) is 4. The molecule has 3 aliphatic heterocycles. The minimum Gasteiger partial charge on any atom is -0.359 e. The fraction of sp³-hybridized carbons (Fsp3) is 0.656. The third-order valence-electron chi connectivity index (χ3n) is 10.1. The van der Waals surface area contributed by atoms with Crippen molar-refractivity contribution in [2.45, 2.75) is 114 Å². The molecule has 7 heteroatoms. The summed E-state index contributed by atoms with van der Waals surface area (Å²) in [7, 11) is 0. The summed E-state index contributed by atoms with van der Waals surface area (Å²) in [5.74, 6) is -1.36. The average Bonchev–Trinajstić information content (AvgIpc) is 3.53. The Balaban J connectivity index is 1.33. The number of carbonyl (C=O) groups excluding carboxylic acids is 3. The van der Waals surface area contributed by atoms with Crippen molar-refractivity contribution in [1.82, 2.24) is 10.2 Å². The Labute approximate surface area is 232 Å². The third kappa shape index (κ3) is 4.71. The van der Waals surface area contributed by atoms with Crippen molar-refractivity contribution < 1.29 is 19.1 Å². The predicted molar refractivity (Wildman–Crippen MR) is 150 cm³/mol. The van der Waals surface area contributed by atoms with Crippen LogP contribution in [-0.2, 0) is 19.1 Å². The Morgan fingerprint density at radius 3 is 2.44 bits per heavy atom. The molecule has 3 heterocycles. The maximum atomic E-state index is 14.4. The molecule has 0 radical (unpaired) electrons. The highest BCUT2D eigenvalue weighted by Crippen LogP contribution is 2.56. The lowest BCUT2D eigenvalue weighted by atomic mass is 9.74. The number of benzene rings is 1. The maximum absolute atomic E-state index is 14.4. The lowest BCUT2D eigenvalue weighted by Crippen LogP contribution is -2.59. The molecule has 5 unspecified atom stereocenters. The molecule has 1 aromatic carbocycles. The number of rotatable bonds is 5. The Kier molecular flexibility index (Phi) is 7.30. The van der Waals surface area contributed by atoms with Gasteiger partial charge in [0.2, 0.25) is 17.7 Å². The minimum absolute atomic E-state index is 0.00571. The summed E-state index contributed by atoms with van der Waals surface area (Å²) in [6.07, 6.45) is 15.2. The van der Waals surface area contributed by atoms with Crippen molar-refractivity contribution in [1.29, 1.82) is 0 Å². The van der Waals surface area contributed by atoms with Gasteiger partial charge in [0.05, 0.1) is 17.9 Å². The number of carbonyl (C=O) groups is 3. The van der Waals surface area contributed by atoms with Crippen LogP contribution in [0.5, 0.6) is 0 Å². The van der Waals surface area contributed by atoms with Crippen LogP contribution < -0.4 is 10.6 Å². The Morgan fingerprint density at radius 1 is 0.974 bits per heavy atom. The van der Waals surface area contributed by atoms with Crippen LogP contribution in [-0.4, -0.2) is 52.5 Å². The Morgan fingerprint density at radius 2 is 1.69 bits per heavy atom. The normalized spacial score (nSPS) is 36.4. The van der Waals surface area contributed by atoms with E-state index in [1.54, 1.807) is 0 Å². The van der Waals surface area contributed by atoms with Gasteiger partial charge in [-0.15, -0.1) is 0 Å². The van der Waals surface area contributed by atoms with Crippen LogP contribution in [0.4, 0.5) is 5.69 Å². The number of nitrogens with zero attached hydrogens (tertiary/aromatic N) is 1. The van der Waals surface area contributed by atoms with Crippen molar-refractivity contribution in [3.05, 3.63) is 42.0 Å². The molecule has 2 aliphatic carbocycles. The molecular formula is C32H43N3O4. The van der Waals surface area contributed by atoms with Gasteiger partial charge in [0.25, 0.3) is 0 Å². The van der Waals surface area contributed by atoms with E-state index in [0.717, 1.165) is 63.4 Å². The summed E-state index contributed by atoms with van der Waals surface area (Å²) in [5, 5.41) is 6.40. The van der Waals surface area contributed by atoms with Gasteiger partial charge in [0, 0.05) is 17.8 Å². The average molecular weight is 534 g/mol. The summed E-state index contributed by atoms with van der Waals surface area (Å²) < 4.78 is 6.58. The number of aryl methyl sites for hydroxylation is 1. The van der Waals surface area contributed by atoms with Gasteiger partial charge in [0.1, 0.15) is 11.6 Å². The molecule has 5 aliphatic rings. The molecule has 7 nitrogen and oxygen atoms in total. The van der Waals surface area contributed by atoms with Crippen molar-refractivity contribution in [3.8, 4) is 0 Å². The lowest BCUT2D eigenvalue weighted by Gasteiger charge is -2.39. The fourth-order valence-corrected chi connectivity index (χ4v) is 8.05. The van der Waals surface area contributed by atoms with E-state index in [0.29, 0.717) is 11.6 Å². The van der Waals surface area contributed by atoms with E-state index in [-0.39, 0.29) is 29.8 Å². The molecule has 39 heavy (non-hydrogen) atoms. The summed E-state index contributed by atoms with van der Waals surface area (Å²) in [5.41, 5.74) is 0.666. The zero-order valence-corrected chi connectivity index (χ0v) is 23.4. The number of anilines is 1. The van der Waals surface area contributed by atoms with Crippen LogP contribution >= 0.6 is 0 Å². The first-order chi connectivity index (χ1) is 18.9. The van der Waals surface area contributed by atoms with Gasteiger partial charge in [-0.3, -0.25) is 14.4 Å². The second-order valence-corrected chi connectivity index (χ2v) is 12.7. The molecule has 210 valence electrons. The molecule has 1 aromatic rings. The number of hydrogen-bond donors (Lipinski definition) is 2. The van der Waals surface area contributed by atoms with Crippen molar-refractivity contribution >= 4 is 23.4 Å². The number of nitrogens with one attached hydrogen (secondary N) is 2. The molecule has 6 rings (SSSR count). The Hall–Kier alpha value is -2.67. The van der Waals surface area contributed by atoms with E-state index in [9.17, 15) is 14.4 Å². The molecule has 2 bridgehead atoms. The standard InChI is InChI=1S/C32H43N3O4/c1-20-11-10-13-22(19-20)33-29(36)26-25-17-18-32(39-25)27(26)31(38)35(23-14-6-4-3-5-7-15-23)28(32)30(37)34-24-16-9-8-12-21(24)2/h10-11,13,17-19,21,23-28H,3-9,12,14-16H2,1-2H3,(H,33,36)(H,34,37)/t21?,24?,25-,26?,27-,28?,32?/m0/s1. The largest absolute Gasteiger partial charge is 0.359 e. The van der Waals surface area contributed by atoms with Gasteiger partial charge in [0.15, 0.2) is 0 Å². The van der Waals surface area contributed by atoms with Crippen molar-refractivity contribution in [2.75, 3.05) is 5.32 Å². The SMILES string of the molecule is Cc1cccc(NC(=O)C2[C@@H]3C=CC4(O3)C(C(=O)NC3CCCCC3C)N(C3CCCCCCC3)C(=O)[C@H]24)c1. The predicted octanol–water partition coefficient (Wildman–Crippen LogP) is 4.89. The van der Waals surface area contributed by atoms with E-state index in [1.807, 2.05) is 48.2 Å². The minimum atomic E-state index is -1.10. The fourth-order valence-electron chi connectivity index (χ4n) is 8.05. The van der Waals surface area contributed by atoms with Crippen LogP contribution in [0.15, 0.2) is 36.4 Å². The van der Waals surface area contributed by atoms with Crippen LogP contribution in [0.3, 0.4) is 0 Å².